The Labute approximate surface area is 111 Å². The second-order valence-corrected chi connectivity index (χ2v) is 4.56. The molecule has 0 aliphatic rings. The molecule has 0 saturated carbocycles. The first-order chi connectivity index (χ1) is 8.51. The number of nitrogens with zero attached hydrogens (tertiary/aromatic N) is 1. The summed E-state index contributed by atoms with van der Waals surface area (Å²) in [6.45, 7) is 5.32. The zero-order valence-corrected chi connectivity index (χ0v) is 11.5. The van der Waals surface area contributed by atoms with Crippen LogP contribution in [0.25, 0.3) is 0 Å². The fraction of sp³-hybridized carbons (Fsp3) is 0.727. The quantitative estimate of drug-likeness (QED) is 0.491. The van der Waals surface area contributed by atoms with E-state index in [2.05, 4.69) is 0 Å². The van der Waals surface area contributed by atoms with Gasteiger partial charge in [0.05, 0.1) is 6.61 Å². The molecule has 0 rings (SSSR count). The lowest BCUT2D eigenvalue weighted by atomic mass is 10.5. The van der Waals surface area contributed by atoms with Gasteiger partial charge in [-0.3, -0.25) is 14.4 Å². The zero-order valence-electron chi connectivity index (χ0n) is 10.7. The lowest BCUT2D eigenvalue weighted by Gasteiger charge is -2.18. The normalized spacial score (nSPS) is 10.1. The van der Waals surface area contributed by atoms with Gasteiger partial charge in [-0.2, -0.15) is 0 Å². The van der Waals surface area contributed by atoms with Gasteiger partial charge < -0.3 is 14.7 Å². The van der Waals surface area contributed by atoms with Crippen LogP contribution in [0.5, 0.6) is 0 Å². The van der Waals surface area contributed by atoms with Crippen LogP contribution in [0.15, 0.2) is 0 Å². The van der Waals surface area contributed by atoms with Crippen LogP contribution in [-0.4, -0.2) is 59.1 Å². The molecule has 104 valence electrons. The van der Waals surface area contributed by atoms with Gasteiger partial charge in [0.1, 0.15) is 13.0 Å². The van der Waals surface area contributed by atoms with Crippen LogP contribution in [0.2, 0.25) is 0 Å². The molecule has 0 aromatic rings. The Balaban J connectivity index is 3.59. The maximum atomic E-state index is 11.5. The second-order valence-electron chi connectivity index (χ2n) is 3.41. The van der Waals surface area contributed by atoms with Gasteiger partial charge in [0, 0.05) is 18.8 Å². The van der Waals surface area contributed by atoms with Gasteiger partial charge in [0.25, 0.3) is 0 Å². The van der Waals surface area contributed by atoms with E-state index in [0.29, 0.717) is 18.8 Å². The molecule has 0 radical (unpaired) electrons. The molecule has 0 aromatic heterocycles. The molecule has 0 spiro atoms. The molecule has 0 heterocycles. The summed E-state index contributed by atoms with van der Waals surface area (Å²) >= 11 is 0.907. The second kappa shape index (κ2) is 9.90. The van der Waals surface area contributed by atoms with Crippen molar-refractivity contribution in [3.05, 3.63) is 0 Å². The molecule has 0 saturated heterocycles. The van der Waals surface area contributed by atoms with E-state index < -0.39 is 17.5 Å². The third kappa shape index (κ3) is 8.08. The number of ether oxygens (including phenoxy) is 1. The molecule has 0 atom stereocenters. The van der Waals surface area contributed by atoms with Crippen LogP contribution in [0.3, 0.4) is 0 Å². The third-order valence-electron chi connectivity index (χ3n) is 2.13. The summed E-state index contributed by atoms with van der Waals surface area (Å²) in [7, 11) is 0. The first-order valence-corrected chi connectivity index (χ1v) is 6.72. The third-order valence-corrected chi connectivity index (χ3v) is 2.97. The van der Waals surface area contributed by atoms with E-state index in [4.69, 9.17) is 9.84 Å². The number of amides is 1. The summed E-state index contributed by atoms with van der Waals surface area (Å²) in [6.07, 6.45) is -0.483. The fourth-order valence-electron chi connectivity index (χ4n) is 1.22. The van der Waals surface area contributed by atoms with Crippen LogP contribution < -0.4 is 0 Å². The minimum Gasteiger partial charge on any atom is -0.481 e. The first-order valence-electron chi connectivity index (χ1n) is 5.74. The summed E-state index contributed by atoms with van der Waals surface area (Å²) in [5.41, 5.74) is 0. The Bertz CT molecular complexity index is 291. The minimum absolute atomic E-state index is 0.00460. The molecule has 0 fully saturated rings. The predicted molar refractivity (Wildman–Crippen MR) is 68.5 cm³/mol. The van der Waals surface area contributed by atoms with Crippen LogP contribution in [0.1, 0.15) is 20.3 Å². The van der Waals surface area contributed by atoms with Gasteiger partial charge in [-0.1, -0.05) is 11.8 Å². The molecule has 0 bridgehead atoms. The number of carboxylic acids is 1. The van der Waals surface area contributed by atoms with E-state index in [1.807, 2.05) is 13.8 Å². The summed E-state index contributed by atoms with van der Waals surface area (Å²) in [4.78, 5) is 34.4. The molecule has 1 amide bonds. The number of thioether (sulfide) groups is 1. The molecule has 0 aliphatic heterocycles. The van der Waals surface area contributed by atoms with Crippen molar-refractivity contribution in [1.29, 1.82) is 0 Å². The highest BCUT2D eigenvalue weighted by molar-refractivity contribution is 8.13. The topological polar surface area (TPSA) is 83.9 Å². The SMILES string of the molecule is CCN(CC)C(=O)COCCSC(=O)CC(=O)O. The predicted octanol–water partition coefficient (Wildman–Crippen LogP) is 0.606. The largest absolute Gasteiger partial charge is 0.481 e. The number of likely N-dealkylation sites (N-methyl/N-ethyl adjacent to an activating group) is 1. The van der Waals surface area contributed by atoms with Gasteiger partial charge in [0.15, 0.2) is 5.12 Å². The van der Waals surface area contributed by atoms with E-state index in [1.165, 1.54) is 0 Å². The van der Waals surface area contributed by atoms with Crippen LogP contribution in [0, 0.1) is 0 Å². The van der Waals surface area contributed by atoms with Gasteiger partial charge in [-0.15, -0.1) is 0 Å². The Morgan fingerprint density at radius 1 is 1.22 bits per heavy atom. The molecule has 0 unspecified atom stereocenters. The first kappa shape index (κ1) is 16.9. The fourth-order valence-corrected chi connectivity index (χ4v) is 1.87. The molecule has 0 aliphatic carbocycles. The Morgan fingerprint density at radius 2 is 1.83 bits per heavy atom. The molecule has 6 nitrogen and oxygen atoms in total. The molecule has 1 N–H and O–H groups in total. The van der Waals surface area contributed by atoms with Crippen molar-refractivity contribution in [3.8, 4) is 0 Å². The van der Waals surface area contributed by atoms with E-state index in [9.17, 15) is 14.4 Å². The lowest BCUT2D eigenvalue weighted by Crippen LogP contribution is -2.33. The van der Waals surface area contributed by atoms with E-state index in [-0.39, 0.29) is 19.1 Å². The van der Waals surface area contributed by atoms with Crippen LogP contribution >= 0.6 is 11.8 Å². The number of carbonyl (C=O) groups is 3. The summed E-state index contributed by atoms with van der Waals surface area (Å²) < 4.78 is 5.12. The number of hydrogen-bond donors (Lipinski definition) is 1. The zero-order chi connectivity index (χ0) is 14.0. The number of carbonyl (C=O) groups excluding carboxylic acids is 2. The highest BCUT2D eigenvalue weighted by Gasteiger charge is 2.10. The highest BCUT2D eigenvalue weighted by atomic mass is 32.2. The Morgan fingerprint density at radius 3 is 2.33 bits per heavy atom. The molecular formula is C11H19NO5S. The average Bonchev–Trinajstić information content (AvgIpc) is 2.29. The van der Waals surface area contributed by atoms with Crippen molar-refractivity contribution in [1.82, 2.24) is 4.90 Å². The number of aliphatic carboxylic acids is 1. The maximum Gasteiger partial charge on any atom is 0.311 e. The van der Waals surface area contributed by atoms with Gasteiger partial charge in [-0.05, 0) is 13.8 Å². The summed E-state index contributed by atoms with van der Waals surface area (Å²) in [5, 5.41) is 7.96. The standard InChI is InChI=1S/C11H19NO5S/c1-3-12(4-2)9(13)8-17-5-6-18-11(16)7-10(14)15/h3-8H2,1-2H3,(H,14,15). The van der Waals surface area contributed by atoms with E-state index >= 15 is 0 Å². The molecule has 7 heteroatoms. The van der Waals surface area contributed by atoms with Crippen molar-refractivity contribution in [3.63, 3.8) is 0 Å². The van der Waals surface area contributed by atoms with Crippen molar-refractivity contribution >= 4 is 28.8 Å². The summed E-state index contributed by atoms with van der Waals surface area (Å²) in [6, 6.07) is 0. The van der Waals surface area contributed by atoms with Gasteiger partial charge in [-0.25, -0.2) is 0 Å². The number of hydrogen-bond acceptors (Lipinski definition) is 5. The van der Waals surface area contributed by atoms with Gasteiger partial charge in [0.2, 0.25) is 5.91 Å². The molecule has 0 aromatic carbocycles. The Kier molecular flexibility index (Phi) is 9.31. The van der Waals surface area contributed by atoms with E-state index in [1.54, 1.807) is 4.90 Å². The maximum absolute atomic E-state index is 11.5. The average molecular weight is 277 g/mol. The minimum atomic E-state index is -1.13. The van der Waals surface area contributed by atoms with E-state index in [0.717, 1.165) is 11.8 Å². The van der Waals surface area contributed by atoms with Crippen molar-refractivity contribution in [2.24, 2.45) is 0 Å². The van der Waals surface area contributed by atoms with Gasteiger partial charge >= 0.3 is 5.97 Å². The monoisotopic (exact) mass is 277 g/mol. The Hall–Kier alpha value is -1.08. The van der Waals surface area contributed by atoms with Crippen molar-refractivity contribution < 1.29 is 24.2 Å². The number of rotatable bonds is 9. The van der Waals surface area contributed by atoms with Crippen molar-refractivity contribution in [2.45, 2.75) is 20.3 Å². The number of carboxylic acid groups (broad SMARTS) is 1. The molecule has 18 heavy (non-hydrogen) atoms. The lowest BCUT2D eigenvalue weighted by molar-refractivity contribution is -0.138. The van der Waals surface area contributed by atoms with Crippen LogP contribution in [-0.2, 0) is 19.1 Å². The summed E-state index contributed by atoms with van der Waals surface area (Å²) in [5.74, 6) is -0.857. The molecular weight excluding hydrogens is 258 g/mol. The smallest absolute Gasteiger partial charge is 0.311 e. The van der Waals surface area contributed by atoms with Crippen LogP contribution in [0.4, 0.5) is 0 Å². The van der Waals surface area contributed by atoms with Crippen molar-refractivity contribution in [2.75, 3.05) is 32.1 Å². The highest BCUT2D eigenvalue weighted by Crippen LogP contribution is 2.05.